The number of hydrogen-bond acceptors (Lipinski definition) is 3. The lowest BCUT2D eigenvalue weighted by molar-refractivity contribution is -0.274. The van der Waals surface area contributed by atoms with Gasteiger partial charge in [0.05, 0.1) is 0 Å². The molecule has 25 heavy (non-hydrogen) atoms. The second-order valence-corrected chi connectivity index (χ2v) is 5.67. The molecule has 0 aliphatic carbocycles. The number of amides is 1. The predicted octanol–water partition coefficient (Wildman–Crippen LogP) is 3.63. The molecule has 0 radical (unpaired) electrons. The Bertz CT molecular complexity index is 705. The molecule has 0 aliphatic rings. The molecule has 0 saturated carbocycles. The van der Waals surface area contributed by atoms with E-state index in [-0.39, 0.29) is 24.6 Å². The van der Waals surface area contributed by atoms with Crippen LogP contribution in [0, 0.1) is 0 Å². The molecule has 0 spiro atoms. The first-order chi connectivity index (χ1) is 11.7. The second kappa shape index (κ2) is 8.02. The lowest BCUT2D eigenvalue weighted by Gasteiger charge is -2.20. The highest BCUT2D eigenvalue weighted by atomic mass is 19.4. The highest BCUT2D eigenvalue weighted by Crippen LogP contribution is 2.24. The van der Waals surface area contributed by atoms with Crippen molar-refractivity contribution < 1.29 is 22.7 Å². The van der Waals surface area contributed by atoms with Gasteiger partial charge in [-0.1, -0.05) is 42.5 Å². The van der Waals surface area contributed by atoms with Gasteiger partial charge in [-0.25, -0.2) is 0 Å². The highest BCUT2D eigenvalue weighted by Gasteiger charge is 2.31. The Morgan fingerprint density at radius 1 is 1.16 bits per heavy atom. The molecule has 4 nitrogen and oxygen atoms in total. The molecule has 2 rings (SSSR count). The van der Waals surface area contributed by atoms with Crippen molar-refractivity contribution in [2.45, 2.75) is 25.4 Å². The van der Waals surface area contributed by atoms with E-state index < -0.39 is 12.4 Å². The lowest BCUT2D eigenvalue weighted by Crippen LogP contribution is -2.29. The summed E-state index contributed by atoms with van der Waals surface area (Å²) in [6.45, 7) is 0.162. The Morgan fingerprint density at radius 2 is 1.84 bits per heavy atom. The van der Waals surface area contributed by atoms with Crippen LogP contribution in [0.15, 0.2) is 54.6 Å². The van der Waals surface area contributed by atoms with E-state index in [1.165, 1.54) is 23.1 Å². The van der Waals surface area contributed by atoms with E-state index in [0.29, 0.717) is 5.56 Å². The van der Waals surface area contributed by atoms with Gasteiger partial charge in [0.25, 0.3) is 0 Å². The molecule has 0 aromatic heterocycles. The number of ether oxygens (including phenoxy) is 1. The van der Waals surface area contributed by atoms with Crippen LogP contribution in [0.3, 0.4) is 0 Å². The summed E-state index contributed by atoms with van der Waals surface area (Å²) >= 11 is 0. The van der Waals surface area contributed by atoms with Crippen LogP contribution in [0.1, 0.15) is 23.6 Å². The molecular formula is C18H19F3N2O2. The minimum atomic E-state index is -4.75. The molecule has 134 valence electrons. The number of benzene rings is 2. The van der Waals surface area contributed by atoms with E-state index >= 15 is 0 Å². The lowest BCUT2D eigenvalue weighted by atomic mass is 10.0. The van der Waals surface area contributed by atoms with Crippen molar-refractivity contribution in [3.8, 4) is 5.75 Å². The van der Waals surface area contributed by atoms with E-state index in [1.807, 2.05) is 30.3 Å². The Balaban J connectivity index is 1.96. The fourth-order valence-electron chi connectivity index (χ4n) is 2.37. The van der Waals surface area contributed by atoms with Crippen LogP contribution in [0.2, 0.25) is 0 Å². The van der Waals surface area contributed by atoms with Crippen molar-refractivity contribution in [3.63, 3.8) is 0 Å². The number of nitrogens with two attached hydrogens (primary N) is 1. The van der Waals surface area contributed by atoms with E-state index in [9.17, 15) is 18.0 Å². The van der Waals surface area contributed by atoms with Crippen molar-refractivity contribution in [3.05, 3.63) is 65.7 Å². The standard InChI is InChI=1S/C18H19F3N2O2/c1-23(17(24)11-16(22)14-7-3-2-4-8-14)12-13-6-5-9-15(10-13)25-18(19,20)21/h2-10,16H,11-12,22H2,1H3. The third kappa shape index (κ3) is 6.11. The van der Waals surface area contributed by atoms with Crippen molar-refractivity contribution in [2.24, 2.45) is 5.73 Å². The number of rotatable bonds is 6. The van der Waals surface area contributed by atoms with Gasteiger partial charge < -0.3 is 15.4 Å². The van der Waals surface area contributed by atoms with Gasteiger partial charge in [-0.3, -0.25) is 4.79 Å². The maximum atomic E-state index is 12.3. The zero-order valence-electron chi connectivity index (χ0n) is 13.7. The van der Waals surface area contributed by atoms with Gasteiger partial charge in [0.15, 0.2) is 0 Å². The molecule has 0 saturated heterocycles. The Morgan fingerprint density at radius 3 is 2.48 bits per heavy atom. The molecule has 0 aliphatic heterocycles. The van der Waals surface area contributed by atoms with Gasteiger partial charge in [0.1, 0.15) is 5.75 Å². The molecule has 2 aromatic rings. The van der Waals surface area contributed by atoms with E-state index in [2.05, 4.69) is 4.74 Å². The first-order valence-electron chi connectivity index (χ1n) is 7.64. The average Bonchev–Trinajstić information content (AvgIpc) is 2.54. The first-order valence-corrected chi connectivity index (χ1v) is 7.64. The number of nitrogens with zero attached hydrogens (tertiary/aromatic N) is 1. The minimum Gasteiger partial charge on any atom is -0.406 e. The molecule has 2 N–H and O–H groups in total. The van der Waals surface area contributed by atoms with Crippen molar-refractivity contribution in [1.29, 1.82) is 0 Å². The number of carbonyl (C=O) groups excluding carboxylic acids is 1. The number of halogens is 3. The Labute approximate surface area is 144 Å². The van der Waals surface area contributed by atoms with Gasteiger partial charge in [-0.05, 0) is 23.3 Å². The largest absolute Gasteiger partial charge is 0.573 e. The van der Waals surface area contributed by atoms with Crippen LogP contribution in [0.5, 0.6) is 5.75 Å². The molecule has 1 atom stereocenters. The SMILES string of the molecule is CN(Cc1cccc(OC(F)(F)F)c1)C(=O)CC(N)c1ccccc1. The Kier molecular flexibility index (Phi) is 6.03. The smallest absolute Gasteiger partial charge is 0.406 e. The van der Waals surface area contributed by atoms with Crippen molar-refractivity contribution >= 4 is 5.91 Å². The van der Waals surface area contributed by atoms with Gasteiger partial charge in [-0.15, -0.1) is 13.2 Å². The maximum absolute atomic E-state index is 12.3. The minimum absolute atomic E-state index is 0.110. The average molecular weight is 352 g/mol. The normalized spacial score (nSPS) is 12.5. The molecule has 0 bridgehead atoms. The third-order valence-electron chi connectivity index (χ3n) is 3.60. The van der Waals surface area contributed by atoms with E-state index in [4.69, 9.17) is 5.73 Å². The van der Waals surface area contributed by atoms with Crippen LogP contribution in [-0.2, 0) is 11.3 Å². The van der Waals surface area contributed by atoms with Crippen LogP contribution in [-0.4, -0.2) is 24.2 Å². The number of alkyl halides is 3. The molecule has 1 amide bonds. The quantitative estimate of drug-likeness (QED) is 0.864. The summed E-state index contributed by atoms with van der Waals surface area (Å²) in [6, 6.07) is 14.3. The molecule has 0 heterocycles. The van der Waals surface area contributed by atoms with Crippen molar-refractivity contribution in [1.82, 2.24) is 4.90 Å². The van der Waals surface area contributed by atoms with E-state index in [1.54, 1.807) is 13.1 Å². The molecule has 2 aromatic carbocycles. The molecular weight excluding hydrogens is 333 g/mol. The summed E-state index contributed by atoms with van der Waals surface area (Å²) in [5.74, 6) is -0.509. The topological polar surface area (TPSA) is 55.6 Å². The molecule has 7 heteroatoms. The maximum Gasteiger partial charge on any atom is 0.573 e. The summed E-state index contributed by atoms with van der Waals surface area (Å²) < 4.78 is 40.7. The van der Waals surface area contributed by atoms with Crippen molar-refractivity contribution in [2.75, 3.05) is 7.05 Å². The molecule has 0 fully saturated rings. The predicted molar refractivity (Wildman–Crippen MR) is 87.6 cm³/mol. The second-order valence-electron chi connectivity index (χ2n) is 5.67. The van der Waals surface area contributed by atoms with E-state index in [0.717, 1.165) is 5.56 Å². The number of carbonyl (C=O) groups is 1. The van der Waals surface area contributed by atoms with Gasteiger partial charge in [0, 0.05) is 26.1 Å². The Hall–Kier alpha value is -2.54. The summed E-state index contributed by atoms with van der Waals surface area (Å²) in [5, 5.41) is 0. The third-order valence-corrected chi connectivity index (χ3v) is 3.60. The fraction of sp³-hybridized carbons (Fsp3) is 0.278. The zero-order valence-corrected chi connectivity index (χ0v) is 13.7. The number of hydrogen-bond donors (Lipinski definition) is 1. The fourth-order valence-corrected chi connectivity index (χ4v) is 2.37. The summed E-state index contributed by atoms with van der Waals surface area (Å²) in [5.41, 5.74) is 7.41. The van der Waals surface area contributed by atoms with Gasteiger partial charge in [0.2, 0.25) is 5.91 Å². The van der Waals surface area contributed by atoms with Crippen LogP contribution in [0.25, 0.3) is 0 Å². The summed E-state index contributed by atoms with van der Waals surface area (Å²) in [6.07, 6.45) is -4.64. The van der Waals surface area contributed by atoms with Gasteiger partial charge in [-0.2, -0.15) is 0 Å². The van der Waals surface area contributed by atoms with Crippen LogP contribution < -0.4 is 10.5 Å². The van der Waals surface area contributed by atoms with Crippen LogP contribution >= 0.6 is 0 Å². The van der Waals surface area contributed by atoms with Gasteiger partial charge >= 0.3 is 6.36 Å². The molecule has 1 unspecified atom stereocenters. The monoisotopic (exact) mass is 352 g/mol. The summed E-state index contributed by atoms with van der Waals surface area (Å²) in [7, 11) is 1.58. The summed E-state index contributed by atoms with van der Waals surface area (Å²) in [4.78, 5) is 13.7. The van der Waals surface area contributed by atoms with Crippen LogP contribution in [0.4, 0.5) is 13.2 Å². The zero-order chi connectivity index (χ0) is 18.4. The first kappa shape index (κ1) is 18.8. The highest BCUT2D eigenvalue weighted by molar-refractivity contribution is 5.76.